The van der Waals surface area contributed by atoms with Gasteiger partial charge < -0.3 is 10.1 Å². The highest BCUT2D eigenvalue weighted by Gasteiger charge is 2.14. The van der Waals surface area contributed by atoms with E-state index in [0.29, 0.717) is 5.92 Å². The van der Waals surface area contributed by atoms with Gasteiger partial charge in [-0.2, -0.15) is 0 Å². The average molecular weight is 258 g/mol. The Kier molecular flexibility index (Phi) is 3.55. The molecule has 3 heterocycles. The monoisotopic (exact) mass is 258 g/mol. The van der Waals surface area contributed by atoms with Crippen molar-refractivity contribution in [2.75, 3.05) is 25.1 Å². The van der Waals surface area contributed by atoms with Crippen molar-refractivity contribution in [3.63, 3.8) is 0 Å². The van der Waals surface area contributed by atoms with E-state index in [0.717, 1.165) is 55.3 Å². The Balaban J connectivity index is 1.79. The number of anilines is 1. The number of rotatable bonds is 3. The maximum atomic E-state index is 5.38. The van der Waals surface area contributed by atoms with Crippen LogP contribution in [0, 0.1) is 12.8 Å². The van der Waals surface area contributed by atoms with Gasteiger partial charge in [0.15, 0.2) is 5.65 Å². The molecule has 2 aromatic rings. The van der Waals surface area contributed by atoms with E-state index in [-0.39, 0.29) is 0 Å². The predicted molar refractivity (Wildman–Crippen MR) is 74.1 cm³/mol. The zero-order valence-electron chi connectivity index (χ0n) is 11.1. The first-order valence-electron chi connectivity index (χ1n) is 6.74. The summed E-state index contributed by atoms with van der Waals surface area (Å²) in [6, 6.07) is 3.93. The van der Waals surface area contributed by atoms with Crippen LogP contribution >= 0.6 is 0 Å². The van der Waals surface area contributed by atoms with Crippen LogP contribution in [0.3, 0.4) is 0 Å². The molecule has 0 aliphatic carbocycles. The number of ether oxygens (including phenoxy) is 1. The number of nitrogens with one attached hydrogen (secondary N) is 1. The van der Waals surface area contributed by atoms with Gasteiger partial charge >= 0.3 is 0 Å². The molecule has 5 nitrogen and oxygen atoms in total. The lowest BCUT2D eigenvalue weighted by Gasteiger charge is -2.22. The third-order valence-electron chi connectivity index (χ3n) is 3.48. The van der Waals surface area contributed by atoms with Crippen LogP contribution in [0.4, 0.5) is 5.82 Å². The molecular formula is C14H18N4O. The zero-order valence-corrected chi connectivity index (χ0v) is 11.1. The molecule has 1 aliphatic heterocycles. The molecular weight excluding hydrogens is 240 g/mol. The molecule has 1 N–H and O–H groups in total. The van der Waals surface area contributed by atoms with Gasteiger partial charge in [0.25, 0.3) is 0 Å². The third kappa shape index (κ3) is 2.81. The fourth-order valence-corrected chi connectivity index (χ4v) is 2.40. The molecule has 1 saturated heterocycles. The van der Waals surface area contributed by atoms with Crippen molar-refractivity contribution in [3.8, 4) is 0 Å². The summed E-state index contributed by atoms with van der Waals surface area (Å²) in [6.45, 7) is 4.58. The molecule has 0 atom stereocenters. The van der Waals surface area contributed by atoms with Gasteiger partial charge in [0.1, 0.15) is 11.6 Å². The summed E-state index contributed by atoms with van der Waals surface area (Å²) in [6.07, 6.45) is 4.00. The van der Waals surface area contributed by atoms with Crippen molar-refractivity contribution in [1.29, 1.82) is 0 Å². The van der Waals surface area contributed by atoms with Crippen molar-refractivity contribution in [1.82, 2.24) is 15.0 Å². The summed E-state index contributed by atoms with van der Waals surface area (Å²) in [5.74, 6) is 2.30. The predicted octanol–water partition coefficient (Wildman–Crippen LogP) is 2.17. The number of nitrogens with zero attached hydrogens (tertiary/aromatic N) is 3. The minimum Gasteiger partial charge on any atom is -0.381 e. The summed E-state index contributed by atoms with van der Waals surface area (Å²) in [5.41, 5.74) is 0.754. The topological polar surface area (TPSA) is 59.9 Å². The summed E-state index contributed by atoms with van der Waals surface area (Å²) in [5, 5.41) is 4.44. The van der Waals surface area contributed by atoms with Crippen LogP contribution in [0.15, 0.2) is 18.3 Å². The van der Waals surface area contributed by atoms with Gasteiger partial charge in [-0.1, -0.05) is 0 Å². The van der Waals surface area contributed by atoms with Crippen LogP contribution in [0.1, 0.15) is 18.7 Å². The molecule has 1 aliphatic rings. The molecule has 0 aromatic carbocycles. The average Bonchev–Trinajstić information content (AvgIpc) is 2.45. The van der Waals surface area contributed by atoms with Crippen LogP contribution in [0.25, 0.3) is 11.0 Å². The fourth-order valence-electron chi connectivity index (χ4n) is 2.40. The molecule has 0 spiro atoms. The summed E-state index contributed by atoms with van der Waals surface area (Å²) < 4.78 is 5.38. The van der Waals surface area contributed by atoms with Gasteiger partial charge in [0.05, 0.1) is 5.39 Å². The maximum Gasteiger partial charge on any atom is 0.164 e. The summed E-state index contributed by atoms with van der Waals surface area (Å²) >= 11 is 0. The van der Waals surface area contributed by atoms with Crippen LogP contribution in [0.2, 0.25) is 0 Å². The standard InChI is InChI=1S/C14H18N4O/c1-10-17-13-12(3-2-6-15-13)14(18-10)16-9-11-4-7-19-8-5-11/h2-3,6,11H,4-5,7-9H2,1H3,(H,15,16,17,18). The highest BCUT2D eigenvalue weighted by atomic mass is 16.5. The van der Waals surface area contributed by atoms with Crippen molar-refractivity contribution in [2.45, 2.75) is 19.8 Å². The van der Waals surface area contributed by atoms with Crippen molar-refractivity contribution in [3.05, 3.63) is 24.2 Å². The number of hydrogen-bond donors (Lipinski definition) is 1. The largest absolute Gasteiger partial charge is 0.381 e. The van der Waals surface area contributed by atoms with Crippen LogP contribution in [-0.4, -0.2) is 34.7 Å². The lowest BCUT2D eigenvalue weighted by molar-refractivity contribution is 0.0699. The SMILES string of the molecule is Cc1nc(NCC2CCOCC2)c2cccnc2n1. The second-order valence-electron chi connectivity index (χ2n) is 4.93. The van der Waals surface area contributed by atoms with E-state index in [9.17, 15) is 0 Å². The van der Waals surface area contributed by atoms with E-state index in [4.69, 9.17) is 4.74 Å². The third-order valence-corrected chi connectivity index (χ3v) is 3.48. The highest BCUT2D eigenvalue weighted by molar-refractivity contribution is 5.86. The van der Waals surface area contributed by atoms with Crippen LogP contribution in [0.5, 0.6) is 0 Å². The quantitative estimate of drug-likeness (QED) is 0.914. The summed E-state index contributed by atoms with van der Waals surface area (Å²) in [4.78, 5) is 13.1. The molecule has 2 aromatic heterocycles. The van der Waals surface area contributed by atoms with E-state index in [1.54, 1.807) is 6.20 Å². The van der Waals surface area contributed by atoms with E-state index in [2.05, 4.69) is 20.3 Å². The van der Waals surface area contributed by atoms with Crippen molar-refractivity contribution >= 4 is 16.9 Å². The molecule has 5 heteroatoms. The lowest BCUT2D eigenvalue weighted by Crippen LogP contribution is -2.23. The molecule has 0 unspecified atom stereocenters. The zero-order chi connectivity index (χ0) is 13.1. The van der Waals surface area contributed by atoms with E-state index in [1.165, 1.54) is 0 Å². The molecule has 19 heavy (non-hydrogen) atoms. The van der Waals surface area contributed by atoms with Gasteiger partial charge in [-0.05, 0) is 37.8 Å². The Bertz CT molecular complexity index is 566. The highest BCUT2D eigenvalue weighted by Crippen LogP contribution is 2.20. The second-order valence-corrected chi connectivity index (χ2v) is 4.93. The maximum absolute atomic E-state index is 5.38. The number of aryl methyl sites for hydroxylation is 1. The minimum absolute atomic E-state index is 0.663. The number of hydrogen-bond acceptors (Lipinski definition) is 5. The van der Waals surface area contributed by atoms with Crippen LogP contribution < -0.4 is 5.32 Å². The number of fused-ring (bicyclic) bond motifs is 1. The molecule has 100 valence electrons. The molecule has 0 amide bonds. The van der Waals surface area contributed by atoms with Gasteiger partial charge in [-0.25, -0.2) is 15.0 Å². The van der Waals surface area contributed by atoms with Crippen molar-refractivity contribution in [2.24, 2.45) is 5.92 Å². The first kappa shape index (κ1) is 12.3. The Hall–Kier alpha value is -1.75. The summed E-state index contributed by atoms with van der Waals surface area (Å²) in [7, 11) is 0. The first-order chi connectivity index (χ1) is 9.33. The first-order valence-corrected chi connectivity index (χ1v) is 6.74. The molecule has 0 radical (unpaired) electrons. The molecule has 3 rings (SSSR count). The minimum atomic E-state index is 0.663. The fraction of sp³-hybridized carbons (Fsp3) is 0.500. The van der Waals surface area contributed by atoms with Gasteiger partial charge in [0, 0.05) is 26.0 Å². The second kappa shape index (κ2) is 5.48. The number of pyridine rings is 1. The Labute approximate surface area is 112 Å². The lowest BCUT2D eigenvalue weighted by atomic mass is 10.0. The molecule has 1 fully saturated rings. The molecule has 0 bridgehead atoms. The molecule has 0 saturated carbocycles. The normalized spacial score (nSPS) is 16.7. The van der Waals surface area contributed by atoms with E-state index >= 15 is 0 Å². The van der Waals surface area contributed by atoms with E-state index < -0.39 is 0 Å². The number of aromatic nitrogens is 3. The smallest absolute Gasteiger partial charge is 0.164 e. The van der Waals surface area contributed by atoms with Gasteiger partial charge in [0.2, 0.25) is 0 Å². The van der Waals surface area contributed by atoms with Crippen LogP contribution in [-0.2, 0) is 4.74 Å². The van der Waals surface area contributed by atoms with Gasteiger partial charge in [-0.3, -0.25) is 0 Å². The Morgan fingerprint density at radius 3 is 3.00 bits per heavy atom. The van der Waals surface area contributed by atoms with E-state index in [1.807, 2.05) is 19.1 Å². The van der Waals surface area contributed by atoms with Crippen molar-refractivity contribution < 1.29 is 4.74 Å². The Morgan fingerprint density at radius 2 is 2.16 bits per heavy atom. The van der Waals surface area contributed by atoms with Gasteiger partial charge in [-0.15, -0.1) is 0 Å². The Morgan fingerprint density at radius 1 is 1.32 bits per heavy atom.